The van der Waals surface area contributed by atoms with Gasteiger partial charge in [-0.15, -0.1) is 0 Å². The summed E-state index contributed by atoms with van der Waals surface area (Å²) in [4.78, 5) is 42.1. The van der Waals surface area contributed by atoms with E-state index in [9.17, 15) is 19.2 Å². The Kier molecular flexibility index (Phi) is 17.8. The van der Waals surface area contributed by atoms with Gasteiger partial charge in [0.2, 0.25) is 23.0 Å². The van der Waals surface area contributed by atoms with Gasteiger partial charge in [-0.3, -0.25) is 0 Å². The number of aliphatic hydroxyl groups excluding tert-OH is 16. The van der Waals surface area contributed by atoms with Crippen LogP contribution in [0.4, 0.5) is 0 Å². The third-order valence-electron chi connectivity index (χ3n) is 5.90. The first-order chi connectivity index (χ1) is 22.3. The summed E-state index contributed by atoms with van der Waals surface area (Å²) < 4.78 is 17.3. The SMILES string of the molecule is O=C1O[C@H]([C@@H](O)CO)C(O)=C1O.O=C1O[C@H]([C@@H](O)CO)C(O)=C1O.O=C1O[C@H]([C@@H](O)CO)C(O)=C1O.O=C1O[C@H]([C@@H](O)CO)C(O)=C1O.[Tc]. The molecule has 1 radical (unpaired) electrons. The van der Waals surface area contributed by atoms with E-state index in [1.807, 2.05) is 0 Å². The summed E-state index contributed by atoms with van der Waals surface area (Å²) in [6.45, 7) is -2.69. The van der Waals surface area contributed by atoms with Gasteiger partial charge in [-0.25, -0.2) is 19.2 Å². The molecule has 0 spiro atoms. The van der Waals surface area contributed by atoms with E-state index in [1.165, 1.54) is 0 Å². The summed E-state index contributed by atoms with van der Waals surface area (Å²) in [6.07, 6.45) is -11.1. The van der Waals surface area contributed by atoms with E-state index in [1.54, 1.807) is 0 Å². The van der Waals surface area contributed by atoms with Crippen LogP contribution in [0.1, 0.15) is 0 Å². The maximum Gasteiger partial charge on any atom is 0.377 e. The van der Waals surface area contributed by atoms with Crippen LogP contribution >= 0.6 is 0 Å². The molecule has 0 aliphatic carbocycles. The quantitative estimate of drug-likeness (QED) is 0.0803. The van der Waals surface area contributed by atoms with Crippen molar-refractivity contribution in [3.8, 4) is 0 Å². The van der Waals surface area contributed by atoms with Crippen LogP contribution in [0.3, 0.4) is 0 Å². The normalized spacial score (nSPS) is 25.3. The van der Waals surface area contributed by atoms with Crippen LogP contribution in [0, 0.1) is 0 Å². The Morgan fingerprint density at radius 3 is 0.612 bits per heavy atom. The van der Waals surface area contributed by atoms with Crippen molar-refractivity contribution in [2.45, 2.75) is 48.8 Å². The van der Waals surface area contributed by atoms with Gasteiger partial charge in [0.25, 0.3) is 0 Å². The first-order valence-electron chi connectivity index (χ1n) is 12.8. The second-order valence-electron chi connectivity index (χ2n) is 9.24. The van der Waals surface area contributed by atoms with Crippen molar-refractivity contribution < 1.29 is 140 Å². The summed E-state index contributed by atoms with van der Waals surface area (Å²) in [6, 6.07) is 0. The first kappa shape index (κ1) is 44.6. The number of ether oxygens (including phenoxy) is 4. The molecule has 0 saturated carbocycles. The molecule has 0 fully saturated rings. The van der Waals surface area contributed by atoms with Gasteiger partial charge in [0.15, 0.2) is 47.5 Å². The maximum absolute atomic E-state index is 10.5. The van der Waals surface area contributed by atoms with Crippen molar-refractivity contribution in [2.24, 2.45) is 0 Å². The van der Waals surface area contributed by atoms with Crippen LogP contribution in [-0.4, -0.2) is 181 Å². The molecule has 4 heterocycles. The first-order valence-corrected chi connectivity index (χ1v) is 12.8. The number of hydrogen-bond donors (Lipinski definition) is 16. The molecule has 4 rings (SSSR count). The Hall–Kier alpha value is -4.43. The van der Waals surface area contributed by atoms with Crippen LogP contribution in [0.5, 0.6) is 0 Å². The second-order valence-corrected chi connectivity index (χ2v) is 9.24. The Morgan fingerprint density at radius 2 is 0.531 bits per heavy atom. The van der Waals surface area contributed by atoms with E-state index >= 15 is 0 Å². The molecule has 49 heavy (non-hydrogen) atoms. The monoisotopic (exact) mass is 801 g/mol. The Morgan fingerprint density at radius 1 is 0.388 bits per heavy atom. The van der Waals surface area contributed by atoms with E-state index in [2.05, 4.69) is 18.9 Å². The number of rotatable bonds is 8. The number of carbonyl (C=O) groups excluding carboxylic acids is 4. The van der Waals surface area contributed by atoms with Gasteiger partial charge in [0.1, 0.15) is 24.4 Å². The van der Waals surface area contributed by atoms with Gasteiger partial charge in [0.05, 0.1) is 26.4 Å². The molecular formula is C24H32O24Tc. The van der Waals surface area contributed by atoms with E-state index in [4.69, 9.17) is 81.7 Å². The van der Waals surface area contributed by atoms with Crippen LogP contribution in [0.2, 0.25) is 0 Å². The predicted octanol–water partition coefficient (Wildman–Crippen LogP) is -5.63. The number of esters is 4. The van der Waals surface area contributed by atoms with E-state index in [0.29, 0.717) is 0 Å². The van der Waals surface area contributed by atoms with Crippen LogP contribution in [-0.2, 0) is 58.2 Å². The Bertz CT molecular complexity index is 1140. The molecule has 4 aliphatic rings. The van der Waals surface area contributed by atoms with E-state index in [0.717, 1.165) is 0 Å². The van der Waals surface area contributed by atoms with Crippen molar-refractivity contribution in [1.82, 2.24) is 0 Å². The summed E-state index contributed by atoms with van der Waals surface area (Å²) in [5, 5.41) is 140. The summed E-state index contributed by atoms with van der Waals surface area (Å²) >= 11 is 0. The molecule has 0 unspecified atom stereocenters. The molecule has 0 saturated heterocycles. The average Bonchev–Trinajstić information content (AvgIpc) is 3.70. The van der Waals surface area contributed by atoms with E-state index < -0.39 is 145 Å². The molecule has 0 aromatic carbocycles. The smallest absolute Gasteiger partial charge is 0.377 e. The molecular weight excluding hydrogens is 770 g/mol. The molecule has 8 atom stereocenters. The summed E-state index contributed by atoms with van der Waals surface area (Å²) in [5.41, 5.74) is 0. The number of hydrogen-bond acceptors (Lipinski definition) is 24. The van der Waals surface area contributed by atoms with Crippen molar-refractivity contribution in [3.05, 3.63) is 46.1 Å². The average molecular weight is 802 g/mol. The second kappa shape index (κ2) is 19.5. The standard InChI is InChI=1S/4C6H8O6.Tc/c4*7-1-2(8)5-3(9)4(10)6(11)12-5;/h4*2,5,7-10H,1H2;/t4*2-,5+;/m0000./s1. The third kappa shape index (κ3) is 10.8. The Labute approximate surface area is 285 Å². The fourth-order valence-electron chi connectivity index (χ4n) is 3.29. The van der Waals surface area contributed by atoms with Gasteiger partial charge >= 0.3 is 23.9 Å². The Balaban J connectivity index is 0.000000623. The van der Waals surface area contributed by atoms with Gasteiger partial charge in [-0.05, 0) is 0 Å². The summed E-state index contributed by atoms with van der Waals surface area (Å²) in [7, 11) is 0. The summed E-state index contributed by atoms with van der Waals surface area (Å²) in [5.74, 6) is -11.1. The minimum atomic E-state index is -1.42. The fraction of sp³-hybridized carbons (Fsp3) is 0.500. The molecule has 0 amide bonds. The number of carbonyl (C=O) groups is 4. The number of cyclic esters (lactones) is 4. The molecule has 0 aromatic heterocycles. The molecule has 0 aromatic rings. The third-order valence-corrected chi connectivity index (χ3v) is 5.90. The van der Waals surface area contributed by atoms with Crippen LogP contribution < -0.4 is 0 Å². The topological polar surface area (TPSA) is 429 Å². The fourth-order valence-corrected chi connectivity index (χ4v) is 3.29. The molecule has 279 valence electrons. The number of aliphatic hydroxyl groups is 16. The largest absolute Gasteiger partial charge is 0.505 e. The molecule has 4 aliphatic heterocycles. The van der Waals surface area contributed by atoms with Gasteiger partial charge in [-0.2, -0.15) is 0 Å². The minimum Gasteiger partial charge on any atom is -0.505 e. The van der Waals surface area contributed by atoms with Crippen molar-refractivity contribution in [1.29, 1.82) is 0 Å². The zero-order valence-corrected chi connectivity index (χ0v) is 26.1. The minimum absolute atomic E-state index is 0. The zero-order valence-electron chi connectivity index (χ0n) is 24.2. The van der Waals surface area contributed by atoms with Gasteiger partial charge in [0, 0.05) is 20.1 Å². The van der Waals surface area contributed by atoms with Crippen molar-refractivity contribution in [2.75, 3.05) is 26.4 Å². The van der Waals surface area contributed by atoms with Gasteiger partial charge < -0.3 is 101 Å². The molecule has 24 nitrogen and oxygen atoms in total. The predicted molar refractivity (Wildman–Crippen MR) is 141 cm³/mol. The maximum atomic E-state index is 10.5. The zero-order chi connectivity index (χ0) is 37.2. The van der Waals surface area contributed by atoms with Crippen LogP contribution in [0.15, 0.2) is 46.1 Å². The van der Waals surface area contributed by atoms with Crippen molar-refractivity contribution in [3.63, 3.8) is 0 Å². The molecule has 0 bridgehead atoms. The molecule has 25 heteroatoms. The van der Waals surface area contributed by atoms with E-state index in [-0.39, 0.29) is 20.1 Å². The van der Waals surface area contributed by atoms with Crippen molar-refractivity contribution >= 4 is 23.9 Å². The van der Waals surface area contributed by atoms with Crippen LogP contribution in [0.25, 0.3) is 0 Å². The molecule has 16 N–H and O–H groups in total. The van der Waals surface area contributed by atoms with Gasteiger partial charge in [-0.1, -0.05) is 0 Å².